The highest BCUT2D eigenvalue weighted by Gasteiger charge is 2.21. The molecule has 7 nitrogen and oxygen atoms in total. The molecular weight excluding hydrogens is 372 g/mol. The number of carbonyl (C=O) groups excluding carboxylic acids is 2. The number of carbonyl (C=O) groups is 3. The molecule has 3 aromatic rings. The van der Waals surface area contributed by atoms with Gasteiger partial charge >= 0.3 is 5.97 Å². The van der Waals surface area contributed by atoms with Gasteiger partial charge in [-0.15, -0.1) is 0 Å². The van der Waals surface area contributed by atoms with E-state index in [0.29, 0.717) is 5.75 Å². The van der Waals surface area contributed by atoms with Crippen molar-refractivity contribution in [3.8, 4) is 5.75 Å². The lowest BCUT2D eigenvalue weighted by atomic mass is 10.0. The maximum atomic E-state index is 12.3. The number of rotatable bonds is 7. The van der Waals surface area contributed by atoms with E-state index >= 15 is 0 Å². The fourth-order valence-corrected chi connectivity index (χ4v) is 3.01. The van der Waals surface area contributed by atoms with Gasteiger partial charge in [0.25, 0.3) is 5.91 Å². The van der Waals surface area contributed by atoms with Crippen molar-refractivity contribution in [3.05, 3.63) is 54.6 Å². The number of fused-ring (bicyclic) bond motifs is 2. The average Bonchev–Trinajstić information content (AvgIpc) is 2.70. The Balaban J connectivity index is 1.72. The SMILES string of the molecule is C[C@H](NC(=O)[C@H](C)NC(=O)COc1c2ccccc2cc2ccccc12)C(=O)O. The largest absolute Gasteiger partial charge is 0.482 e. The molecule has 3 aromatic carbocycles. The number of carboxylic acid groups (broad SMARTS) is 1. The summed E-state index contributed by atoms with van der Waals surface area (Å²) in [5.41, 5.74) is 0. The van der Waals surface area contributed by atoms with Crippen LogP contribution in [0.25, 0.3) is 21.5 Å². The molecule has 29 heavy (non-hydrogen) atoms. The second-order valence-corrected chi connectivity index (χ2v) is 6.79. The number of hydrogen-bond acceptors (Lipinski definition) is 4. The third-order valence-electron chi connectivity index (χ3n) is 4.57. The van der Waals surface area contributed by atoms with Gasteiger partial charge in [-0.05, 0) is 30.7 Å². The molecule has 0 saturated carbocycles. The van der Waals surface area contributed by atoms with Gasteiger partial charge in [0.1, 0.15) is 17.8 Å². The van der Waals surface area contributed by atoms with E-state index in [1.54, 1.807) is 0 Å². The Bertz CT molecular complexity index is 1030. The molecule has 3 rings (SSSR count). The second-order valence-electron chi connectivity index (χ2n) is 6.79. The minimum Gasteiger partial charge on any atom is -0.482 e. The van der Waals surface area contributed by atoms with Crippen molar-refractivity contribution >= 4 is 39.3 Å². The normalized spacial score (nSPS) is 12.9. The fourth-order valence-electron chi connectivity index (χ4n) is 3.01. The summed E-state index contributed by atoms with van der Waals surface area (Å²) in [5, 5.41) is 17.5. The van der Waals surface area contributed by atoms with Crippen LogP contribution in [0.1, 0.15) is 13.8 Å². The molecule has 0 aromatic heterocycles. The van der Waals surface area contributed by atoms with Gasteiger partial charge in [0, 0.05) is 10.8 Å². The van der Waals surface area contributed by atoms with E-state index in [1.807, 2.05) is 48.5 Å². The van der Waals surface area contributed by atoms with Crippen molar-refractivity contribution in [2.45, 2.75) is 25.9 Å². The van der Waals surface area contributed by atoms with Crippen molar-refractivity contribution in [3.63, 3.8) is 0 Å². The molecule has 0 aliphatic carbocycles. The predicted octanol–water partition coefficient (Wildman–Crippen LogP) is 2.47. The number of aliphatic carboxylic acids is 1. The lowest BCUT2D eigenvalue weighted by molar-refractivity contribution is -0.141. The van der Waals surface area contributed by atoms with Gasteiger partial charge in [0.2, 0.25) is 5.91 Å². The third kappa shape index (κ3) is 4.63. The van der Waals surface area contributed by atoms with Crippen LogP contribution in [0.3, 0.4) is 0 Å². The Kier molecular flexibility index (Phi) is 5.97. The molecule has 7 heteroatoms. The van der Waals surface area contributed by atoms with Gasteiger partial charge in [-0.1, -0.05) is 48.5 Å². The zero-order valence-corrected chi connectivity index (χ0v) is 16.1. The number of nitrogens with one attached hydrogen (secondary N) is 2. The number of benzene rings is 3. The van der Waals surface area contributed by atoms with Crippen LogP contribution in [0, 0.1) is 0 Å². The Morgan fingerprint density at radius 2 is 1.45 bits per heavy atom. The summed E-state index contributed by atoms with van der Waals surface area (Å²) in [6.07, 6.45) is 0. The number of carboxylic acids is 1. The van der Waals surface area contributed by atoms with Crippen LogP contribution in [-0.4, -0.2) is 41.6 Å². The third-order valence-corrected chi connectivity index (χ3v) is 4.57. The molecular formula is C22H22N2O5. The van der Waals surface area contributed by atoms with Crippen molar-refractivity contribution in [2.24, 2.45) is 0 Å². The highest BCUT2D eigenvalue weighted by Crippen LogP contribution is 2.34. The standard InChI is InChI=1S/C22H22N2O5/c1-13(21(26)24-14(2)22(27)28)23-19(25)12-29-20-17-9-5-3-7-15(17)11-16-8-4-6-10-18(16)20/h3-11,13-14H,12H2,1-2H3,(H,23,25)(H,24,26)(H,27,28)/t13-,14-/m0/s1. The lowest BCUT2D eigenvalue weighted by Gasteiger charge is -2.17. The van der Waals surface area contributed by atoms with E-state index in [0.717, 1.165) is 21.5 Å². The van der Waals surface area contributed by atoms with Gasteiger partial charge < -0.3 is 20.5 Å². The minimum absolute atomic E-state index is 0.274. The fraction of sp³-hybridized carbons (Fsp3) is 0.227. The predicted molar refractivity (Wildman–Crippen MR) is 110 cm³/mol. The van der Waals surface area contributed by atoms with Crippen LogP contribution in [-0.2, 0) is 14.4 Å². The maximum Gasteiger partial charge on any atom is 0.325 e. The molecule has 0 fully saturated rings. The molecule has 2 amide bonds. The Hall–Kier alpha value is -3.61. The Labute approximate surface area is 167 Å². The van der Waals surface area contributed by atoms with Crippen molar-refractivity contribution in [1.82, 2.24) is 10.6 Å². The van der Waals surface area contributed by atoms with Gasteiger partial charge in [-0.3, -0.25) is 14.4 Å². The first-order valence-corrected chi connectivity index (χ1v) is 9.22. The molecule has 0 aliphatic heterocycles. The van der Waals surface area contributed by atoms with Crippen molar-refractivity contribution in [1.29, 1.82) is 0 Å². The Morgan fingerprint density at radius 3 is 2.00 bits per heavy atom. The minimum atomic E-state index is -1.15. The Morgan fingerprint density at radius 1 is 0.897 bits per heavy atom. The van der Waals surface area contributed by atoms with Crippen LogP contribution in [0.5, 0.6) is 5.75 Å². The monoisotopic (exact) mass is 394 g/mol. The summed E-state index contributed by atoms with van der Waals surface area (Å²) >= 11 is 0. The van der Waals surface area contributed by atoms with Gasteiger partial charge in [0.05, 0.1) is 0 Å². The van der Waals surface area contributed by atoms with E-state index in [1.165, 1.54) is 13.8 Å². The summed E-state index contributed by atoms with van der Waals surface area (Å²) in [4.78, 5) is 35.1. The van der Waals surface area contributed by atoms with Crippen molar-refractivity contribution < 1.29 is 24.2 Å². The highest BCUT2D eigenvalue weighted by molar-refractivity contribution is 6.05. The molecule has 0 aliphatic rings. The first-order chi connectivity index (χ1) is 13.9. The smallest absolute Gasteiger partial charge is 0.325 e. The van der Waals surface area contributed by atoms with E-state index in [-0.39, 0.29) is 6.61 Å². The summed E-state index contributed by atoms with van der Waals surface area (Å²) < 4.78 is 5.86. The van der Waals surface area contributed by atoms with Crippen LogP contribution < -0.4 is 15.4 Å². The molecule has 0 bridgehead atoms. The van der Waals surface area contributed by atoms with Crippen LogP contribution in [0.4, 0.5) is 0 Å². The quantitative estimate of drug-likeness (QED) is 0.534. The number of amides is 2. The summed E-state index contributed by atoms with van der Waals surface area (Å²) in [6.45, 7) is 2.56. The van der Waals surface area contributed by atoms with Crippen LogP contribution in [0.15, 0.2) is 54.6 Å². The second kappa shape index (κ2) is 8.60. The molecule has 150 valence electrons. The first kappa shape index (κ1) is 20.1. The zero-order chi connectivity index (χ0) is 21.0. The summed E-state index contributed by atoms with van der Waals surface area (Å²) in [5.74, 6) is -1.61. The molecule has 0 unspecified atom stereocenters. The zero-order valence-electron chi connectivity index (χ0n) is 16.1. The topological polar surface area (TPSA) is 105 Å². The van der Waals surface area contributed by atoms with Gasteiger partial charge in [-0.2, -0.15) is 0 Å². The molecule has 3 N–H and O–H groups in total. The number of ether oxygens (including phenoxy) is 1. The van der Waals surface area contributed by atoms with Crippen molar-refractivity contribution in [2.75, 3.05) is 6.61 Å². The van der Waals surface area contributed by atoms with Crippen LogP contribution >= 0.6 is 0 Å². The van der Waals surface area contributed by atoms with E-state index < -0.39 is 29.9 Å². The average molecular weight is 394 g/mol. The lowest BCUT2D eigenvalue weighted by Crippen LogP contribution is -2.50. The molecule has 2 atom stereocenters. The molecule has 0 radical (unpaired) electrons. The van der Waals surface area contributed by atoms with E-state index in [2.05, 4.69) is 16.7 Å². The molecule has 0 heterocycles. The van der Waals surface area contributed by atoms with Crippen LogP contribution in [0.2, 0.25) is 0 Å². The maximum absolute atomic E-state index is 12.3. The first-order valence-electron chi connectivity index (χ1n) is 9.22. The molecule has 0 spiro atoms. The van der Waals surface area contributed by atoms with Gasteiger partial charge in [-0.25, -0.2) is 0 Å². The van der Waals surface area contributed by atoms with Gasteiger partial charge in [0.15, 0.2) is 6.61 Å². The summed E-state index contributed by atoms with van der Waals surface area (Å²) in [6, 6.07) is 15.6. The number of hydrogen-bond donors (Lipinski definition) is 3. The molecule has 0 saturated heterocycles. The highest BCUT2D eigenvalue weighted by atomic mass is 16.5. The van der Waals surface area contributed by atoms with E-state index in [9.17, 15) is 14.4 Å². The summed E-state index contributed by atoms with van der Waals surface area (Å²) in [7, 11) is 0. The van der Waals surface area contributed by atoms with E-state index in [4.69, 9.17) is 9.84 Å².